The standard InChI is InChI=1S/C23H25NO2/c1-16-8-10-19(11-9-16)26-20-12-13-23(18(3)14-20)25-15-21-17(2)6-5-7-22(21)24-4/h5-14,24H,15H2,1-4H3. The van der Waals surface area contributed by atoms with E-state index in [1.54, 1.807) is 0 Å². The molecule has 3 heteroatoms. The van der Waals surface area contributed by atoms with Gasteiger partial charge in [-0.25, -0.2) is 0 Å². The molecule has 0 fully saturated rings. The predicted octanol–water partition coefficient (Wildman–Crippen LogP) is 6.02. The summed E-state index contributed by atoms with van der Waals surface area (Å²) >= 11 is 0. The van der Waals surface area contributed by atoms with Gasteiger partial charge in [0, 0.05) is 18.3 Å². The molecule has 0 bridgehead atoms. The fraction of sp³-hybridized carbons (Fsp3) is 0.217. The minimum absolute atomic E-state index is 0.530. The van der Waals surface area contributed by atoms with E-state index >= 15 is 0 Å². The van der Waals surface area contributed by atoms with Crippen molar-refractivity contribution in [3.63, 3.8) is 0 Å². The molecule has 3 aromatic rings. The number of hydrogen-bond donors (Lipinski definition) is 1. The topological polar surface area (TPSA) is 30.5 Å². The Balaban J connectivity index is 1.71. The SMILES string of the molecule is CNc1cccc(C)c1COc1ccc(Oc2ccc(C)cc2)cc1C. The smallest absolute Gasteiger partial charge is 0.127 e. The summed E-state index contributed by atoms with van der Waals surface area (Å²) in [6, 6.07) is 20.2. The predicted molar refractivity (Wildman–Crippen MR) is 107 cm³/mol. The van der Waals surface area contributed by atoms with Crippen molar-refractivity contribution in [1.29, 1.82) is 0 Å². The van der Waals surface area contributed by atoms with Crippen molar-refractivity contribution >= 4 is 5.69 Å². The van der Waals surface area contributed by atoms with Gasteiger partial charge in [-0.3, -0.25) is 0 Å². The highest BCUT2D eigenvalue weighted by Crippen LogP contribution is 2.29. The molecule has 3 aromatic carbocycles. The molecule has 134 valence electrons. The Bertz CT molecular complexity index is 885. The molecule has 1 N–H and O–H groups in total. The molecule has 0 amide bonds. The monoisotopic (exact) mass is 347 g/mol. The second-order valence-corrected chi connectivity index (χ2v) is 6.48. The van der Waals surface area contributed by atoms with E-state index in [0.29, 0.717) is 6.61 Å². The zero-order valence-corrected chi connectivity index (χ0v) is 15.8. The highest BCUT2D eigenvalue weighted by molar-refractivity contribution is 5.54. The van der Waals surface area contributed by atoms with E-state index in [-0.39, 0.29) is 0 Å². The first-order valence-corrected chi connectivity index (χ1v) is 8.81. The summed E-state index contributed by atoms with van der Waals surface area (Å²) < 4.78 is 12.0. The number of benzene rings is 3. The lowest BCUT2D eigenvalue weighted by atomic mass is 10.1. The van der Waals surface area contributed by atoms with Crippen LogP contribution in [0.2, 0.25) is 0 Å². The quantitative estimate of drug-likeness (QED) is 0.591. The normalized spacial score (nSPS) is 10.5. The summed E-state index contributed by atoms with van der Waals surface area (Å²) in [7, 11) is 1.93. The van der Waals surface area contributed by atoms with E-state index < -0.39 is 0 Å². The molecule has 0 atom stereocenters. The molecule has 26 heavy (non-hydrogen) atoms. The van der Waals surface area contributed by atoms with Crippen molar-refractivity contribution in [2.75, 3.05) is 12.4 Å². The average Bonchev–Trinajstić information content (AvgIpc) is 2.63. The van der Waals surface area contributed by atoms with Crippen molar-refractivity contribution in [1.82, 2.24) is 0 Å². The fourth-order valence-electron chi connectivity index (χ4n) is 2.87. The summed E-state index contributed by atoms with van der Waals surface area (Å²) in [5, 5.41) is 3.23. The zero-order valence-electron chi connectivity index (χ0n) is 15.8. The van der Waals surface area contributed by atoms with Gasteiger partial charge in [0.05, 0.1) is 0 Å². The molecular weight excluding hydrogens is 322 g/mol. The van der Waals surface area contributed by atoms with Gasteiger partial charge >= 0.3 is 0 Å². The van der Waals surface area contributed by atoms with Gasteiger partial charge in [0.1, 0.15) is 23.9 Å². The maximum Gasteiger partial charge on any atom is 0.127 e. The van der Waals surface area contributed by atoms with Crippen LogP contribution in [0.5, 0.6) is 17.2 Å². The van der Waals surface area contributed by atoms with E-state index in [9.17, 15) is 0 Å². The van der Waals surface area contributed by atoms with Crippen LogP contribution in [0.4, 0.5) is 5.69 Å². The molecule has 0 aliphatic heterocycles. The molecule has 3 nitrogen and oxygen atoms in total. The summed E-state index contributed by atoms with van der Waals surface area (Å²) in [5.41, 5.74) is 5.76. The molecule has 0 spiro atoms. The van der Waals surface area contributed by atoms with Crippen molar-refractivity contribution in [3.8, 4) is 17.2 Å². The van der Waals surface area contributed by atoms with Gasteiger partial charge in [0.15, 0.2) is 0 Å². The van der Waals surface area contributed by atoms with Gasteiger partial charge < -0.3 is 14.8 Å². The first-order valence-electron chi connectivity index (χ1n) is 8.81. The Labute approximate surface area is 155 Å². The van der Waals surface area contributed by atoms with Crippen LogP contribution in [0.1, 0.15) is 22.3 Å². The lowest BCUT2D eigenvalue weighted by molar-refractivity contribution is 0.303. The number of aryl methyl sites for hydroxylation is 3. The molecule has 0 unspecified atom stereocenters. The molecule has 0 aliphatic carbocycles. The molecule has 0 aliphatic rings. The Hall–Kier alpha value is -2.94. The largest absolute Gasteiger partial charge is 0.489 e. The average molecular weight is 347 g/mol. The maximum absolute atomic E-state index is 6.07. The molecule has 0 saturated carbocycles. The lowest BCUT2D eigenvalue weighted by Gasteiger charge is -2.15. The number of nitrogens with one attached hydrogen (secondary N) is 1. The molecule has 0 radical (unpaired) electrons. The van der Waals surface area contributed by atoms with Gasteiger partial charge in [0.25, 0.3) is 0 Å². The van der Waals surface area contributed by atoms with Gasteiger partial charge in [-0.05, 0) is 68.3 Å². The van der Waals surface area contributed by atoms with Gasteiger partial charge in [-0.2, -0.15) is 0 Å². The van der Waals surface area contributed by atoms with E-state index in [1.165, 1.54) is 16.7 Å². The van der Waals surface area contributed by atoms with Gasteiger partial charge in [0.2, 0.25) is 0 Å². The Kier molecular flexibility index (Phi) is 5.47. The van der Waals surface area contributed by atoms with Crippen molar-refractivity contribution in [3.05, 3.63) is 82.9 Å². The first-order chi connectivity index (χ1) is 12.6. The lowest BCUT2D eigenvalue weighted by Crippen LogP contribution is -2.03. The number of ether oxygens (including phenoxy) is 2. The third kappa shape index (κ3) is 4.17. The van der Waals surface area contributed by atoms with Crippen molar-refractivity contribution < 1.29 is 9.47 Å². The Morgan fingerprint density at radius 1 is 0.808 bits per heavy atom. The van der Waals surface area contributed by atoms with Crippen LogP contribution in [0, 0.1) is 20.8 Å². The summed E-state index contributed by atoms with van der Waals surface area (Å²) in [6.07, 6.45) is 0. The molecule has 0 heterocycles. The van der Waals surface area contributed by atoms with Crippen LogP contribution in [0.15, 0.2) is 60.7 Å². The number of hydrogen-bond acceptors (Lipinski definition) is 3. The molecule has 3 rings (SSSR count). The number of anilines is 1. The summed E-state index contributed by atoms with van der Waals surface area (Å²) in [4.78, 5) is 0. The van der Waals surface area contributed by atoms with Crippen LogP contribution in [-0.4, -0.2) is 7.05 Å². The molecule has 0 saturated heterocycles. The molecular formula is C23H25NO2. The molecule has 0 aromatic heterocycles. The van der Waals surface area contributed by atoms with Gasteiger partial charge in [-0.1, -0.05) is 29.8 Å². The minimum atomic E-state index is 0.530. The van der Waals surface area contributed by atoms with Crippen LogP contribution < -0.4 is 14.8 Å². The zero-order chi connectivity index (χ0) is 18.5. The van der Waals surface area contributed by atoms with Crippen LogP contribution in [0.25, 0.3) is 0 Å². The third-order valence-electron chi connectivity index (χ3n) is 4.45. The van der Waals surface area contributed by atoms with Crippen molar-refractivity contribution in [2.45, 2.75) is 27.4 Å². The first kappa shape index (κ1) is 17.9. The highest BCUT2D eigenvalue weighted by Gasteiger charge is 2.08. The Morgan fingerprint density at radius 3 is 2.23 bits per heavy atom. The van der Waals surface area contributed by atoms with Crippen LogP contribution >= 0.6 is 0 Å². The fourth-order valence-corrected chi connectivity index (χ4v) is 2.87. The summed E-state index contributed by atoms with van der Waals surface area (Å²) in [5.74, 6) is 2.51. The summed E-state index contributed by atoms with van der Waals surface area (Å²) in [6.45, 7) is 6.73. The maximum atomic E-state index is 6.07. The highest BCUT2D eigenvalue weighted by atomic mass is 16.5. The van der Waals surface area contributed by atoms with Crippen LogP contribution in [0.3, 0.4) is 0 Å². The second-order valence-electron chi connectivity index (χ2n) is 6.48. The van der Waals surface area contributed by atoms with Gasteiger partial charge in [-0.15, -0.1) is 0 Å². The second kappa shape index (κ2) is 7.96. The minimum Gasteiger partial charge on any atom is -0.489 e. The van der Waals surface area contributed by atoms with E-state index in [2.05, 4.69) is 31.3 Å². The van der Waals surface area contributed by atoms with E-state index in [4.69, 9.17) is 9.47 Å². The van der Waals surface area contributed by atoms with E-state index in [1.807, 2.05) is 62.5 Å². The third-order valence-corrected chi connectivity index (χ3v) is 4.45. The van der Waals surface area contributed by atoms with Crippen LogP contribution in [-0.2, 0) is 6.61 Å². The van der Waals surface area contributed by atoms with E-state index in [0.717, 1.165) is 28.5 Å². The van der Waals surface area contributed by atoms with Crippen molar-refractivity contribution in [2.24, 2.45) is 0 Å². The Morgan fingerprint density at radius 2 is 1.54 bits per heavy atom. The number of rotatable bonds is 6.